The fourth-order valence-corrected chi connectivity index (χ4v) is 2.35. The Labute approximate surface area is 133 Å². The molecule has 23 heavy (non-hydrogen) atoms. The van der Waals surface area contributed by atoms with E-state index in [1.807, 2.05) is 24.3 Å². The molecule has 0 radical (unpaired) electrons. The SMILES string of the molecule is O=C(O)CCc1nc(-c2ccc(OC[C@H]3CCCO3)cc2)no1. The summed E-state index contributed by atoms with van der Waals surface area (Å²) in [6.45, 7) is 1.37. The summed E-state index contributed by atoms with van der Waals surface area (Å²) in [6.07, 6.45) is 2.51. The van der Waals surface area contributed by atoms with Gasteiger partial charge in [-0.2, -0.15) is 4.98 Å². The molecule has 122 valence electrons. The predicted molar refractivity (Wildman–Crippen MR) is 80.2 cm³/mol. The van der Waals surface area contributed by atoms with Gasteiger partial charge in [0.15, 0.2) is 0 Å². The maximum Gasteiger partial charge on any atom is 0.303 e. The second-order valence-electron chi connectivity index (χ2n) is 5.38. The summed E-state index contributed by atoms with van der Waals surface area (Å²) in [4.78, 5) is 14.7. The van der Waals surface area contributed by atoms with Crippen molar-refractivity contribution in [1.29, 1.82) is 0 Å². The molecule has 1 saturated heterocycles. The molecule has 7 heteroatoms. The van der Waals surface area contributed by atoms with Crippen LogP contribution in [0.4, 0.5) is 0 Å². The fourth-order valence-electron chi connectivity index (χ4n) is 2.35. The van der Waals surface area contributed by atoms with Crippen LogP contribution >= 0.6 is 0 Å². The highest BCUT2D eigenvalue weighted by atomic mass is 16.5. The van der Waals surface area contributed by atoms with E-state index in [1.54, 1.807) is 0 Å². The highest BCUT2D eigenvalue weighted by Crippen LogP contribution is 2.21. The number of aryl methyl sites for hydroxylation is 1. The summed E-state index contributed by atoms with van der Waals surface area (Å²) < 4.78 is 16.2. The van der Waals surface area contributed by atoms with Gasteiger partial charge in [0.1, 0.15) is 12.4 Å². The van der Waals surface area contributed by atoms with E-state index < -0.39 is 5.97 Å². The number of aliphatic carboxylic acids is 1. The van der Waals surface area contributed by atoms with Gasteiger partial charge in [0.05, 0.1) is 12.5 Å². The van der Waals surface area contributed by atoms with Gasteiger partial charge in [-0.05, 0) is 37.1 Å². The van der Waals surface area contributed by atoms with Crippen LogP contribution in [0.5, 0.6) is 5.75 Å². The van der Waals surface area contributed by atoms with Gasteiger partial charge in [-0.25, -0.2) is 0 Å². The zero-order valence-corrected chi connectivity index (χ0v) is 12.6. The van der Waals surface area contributed by atoms with Crippen molar-refractivity contribution in [3.63, 3.8) is 0 Å². The Bertz CT molecular complexity index is 647. The lowest BCUT2D eigenvalue weighted by Gasteiger charge is -2.11. The van der Waals surface area contributed by atoms with E-state index >= 15 is 0 Å². The van der Waals surface area contributed by atoms with Crippen molar-refractivity contribution in [2.45, 2.75) is 31.8 Å². The van der Waals surface area contributed by atoms with Crippen LogP contribution in [0.25, 0.3) is 11.4 Å². The summed E-state index contributed by atoms with van der Waals surface area (Å²) >= 11 is 0. The highest BCUT2D eigenvalue weighted by molar-refractivity contribution is 5.66. The lowest BCUT2D eigenvalue weighted by molar-refractivity contribution is -0.137. The van der Waals surface area contributed by atoms with E-state index in [4.69, 9.17) is 19.1 Å². The third-order valence-corrected chi connectivity index (χ3v) is 3.59. The normalized spacial score (nSPS) is 17.3. The molecule has 1 aliphatic heterocycles. The first-order valence-corrected chi connectivity index (χ1v) is 7.60. The Morgan fingerprint density at radius 1 is 1.35 bits per heavy atom. The first-order chi connectivity index (χ1) is 11.2. The number of ether oxygens (including phenoxy) is 2. The molecule has 2 aromatic rings. The second-order valence-corrected chi connectivity index (χ2v) is 5.38. The van der Waals surface area contributed by atoms with E-state index in [9.17, 15) is 4.79 Å². The lowest BCUT2D eigenvalue weighted by atomic mass is 10.2. The molecular formula is C16H18N2O5. The fraction of sp³-hybridized carbons (Fsp3) is 0.438. The van der Waals surface area contributed by atoms with Gasteiger partial charge in [0.2, 0.25) is 11.7 Å². The summed E-state index contributed by atoms with van der Waals surface area (Å²) in [6, 6.07) is 7.38. The Kier molecular flexibility index (Phi) is 4.87. The van der Waals surface area contributed by atoms with Gasteiger partial charge >= 0.3 is 5.97 Å². The standard InChI is InChI=1S/C16H18N2O5/c19-15(20)8-7-14-17-16(18-23-14)11-3-5-12(6-4-11)22-10-13-2-1-9-21-13/h3-6,13H,1-2,7-10H2,(H,19,20)/t13-/m1/s1. The molecule has 1 aromatic heterocycles. The molecule has 1 aromatic carbocycles. The molecule has 1 fully saturated rings. The van der Waals surface area contributed by atoms with Crippen LogP contribution in [0.1, 0.15) is 25.2 Å². The maximum absolute atomic E-state index is 10.5. The number of carboxylic acids is 1. The number of benzene rings is 1. The first kappa shape index (κ1) is 15.5. The van der Waals surface area contributed by atoms with Crippen LogP contribution in [-0.2, 0) is 16.0 Å². The molecule has 3 rings (SSSR count). The molecule has 0 bridgehead atoms. The number of hydrogen-bond acceptors (Lipinski definition) is 6. The number of carbonyl (C=O) groups is 1. The first-order valence-electron chi connectivity index (χ1n) is 7.60. The number of hydrogen-bond donors (Lipinski definition) is 1. The number of nitrogens with zero attached hydrogens (tertiary/aromatic N) is 2. The van der Waals surface area contributed by atoms with Gasteiger partial charge in [0, 0.05) is 18.6 Å². The third kappa shape index (κ3) is 4.29. The molecule has 1 aliphatic rings. The molecule has 0 saturated carbocycles. The second kappa shape index (κ2) is 7.23. The van der Waals surface area contributed by atoms with Gasteiger partial charge in [-0.1, -0.05) is 5.16 Å². The molecule has 0 spiro atoms. The van der Waals surface area contributed by atoms with E-state index in [0.717, 1.165) is 30.8 Å². The minimum absolute atomic E-state index is 0.0301. The zero-order chi connectivity index (χ0) is 16.1. The Morgan fingerprint density at radius 3 is 2.87 bits per heavy atom. The summed E-state index contributed by atoms with van der Waals surface area (Å²) in [5.41, 5.74) is 0.791. The van der Waals surface area contributed by atoms with Crippen LogP contribution in [0.3, 0.4) is 0 Å². The Hall–Kier alpha value is -2.41. The van der Waals surface area contributed by atoms with E-state index in [0.29, 0.717) is 18.3 Å². The van der Waals surface area contributed by atoms with E-state index in [2.05, 4.69) is 10.1 Å². The third-order valence-electron chi connectivity index (χ3n) is 3.59. The highest BCUT2D eigenvalue weighted by Gasteiger charge is 2.16. The van der Waals surface area contributed by atoms with E-state index in [-0.39, 0.29) is 18.9 Å². The smallest absolute Gasteiger partial charge is 0.303 e. The quantitative estimate of drug-likeness (QED) is 0.837. The minimum atomic E-state index is -0.891. The van der Waals surface area contributed by atoms with Crippen LogP contribution in [-0.4, -0.2) is 40.5 Å². The summed E-state index contributed by atoms with van der Waals surface area (Å²) in [5, 5.41) is 12.5. The number of rotatable bonds is 7. The van der Waals surface area contributed by atoms with Crippen LogP contribution in [0.15, 0.2) is 28.8 Å². The van der Waals surface area contributed by atoms with Gasteiger partial charge in [0.25, 0.3) is 0 Å². The van der Waals surface area contributed by atoms with Gasteiger partial charge in [-0.3, -0.25) is 4.79 Å². The monoisotopic (exact) mass is 318 g/mol. The molecular weight excluding hydrogens is 300 g/mol. The van der Waals surface area contributed by atoms with Gasteiger partial charge < -0.3 is 19.1 Å². The van der Waals surface area contributed by atoms with Gasteiger partial charge in [-0.15, -0.1) is 0 Å². The zero-order valence-electron chi connectivity index (χ0n) is 12.6. The van der Waals surface area contributed by atoms with E-state index in [1.165, 1.54) is 0 Å². The predicted octanol–water partition coefficient (Wildman–Crippen LogP) is 2.31. The molecule has 1 atom stereocenters. The van der Waals surface area contributed by atoms with Crippen molar-refractivity contribution in [3.05, 3.63) is 30.2 Å². The lowest BCUT2D eigenvalue weighted by Crippen LogP contribution is -2.16. The van der Waals surface area contributed by atoms with Crippen molar-refractivity contribution in [2.75, 3.05) is 13.2 Å². The average molecular weight is 318 g/mol. The average Bonchev–Trinajstić information content (AvgIpc) is 3.23. The Balaban J connectivity index is 1.57. The molecule has 2 heterocycles. The maximum atomic E-state index is 10.5. The number of aromatic nitrogens is 2. The van der Waals surface area contributed by atoms with Crippen molar-refractivity contribution in [3.8, 4) is 17.1 Å². The molecule has 0 unspecified atom stereocenters. The van der Waals surface area contributed by atoms with Crippen molar-refractivity contribution >= 4 is 5.97 Å². The Morgan fingerprint density at radius 2 is 2.17 bits per heavy atom. The van der Waals surface area contributed by atoms with Crippen LogP contribution in [0.2, 0.25) is 0 Å². The van der Waals surface area contributed by atoms with Crippen molar-refractivity contribution < 1.29 is 23.9 Å². The number of carboxylic acid groups (broad SMARTS) is 1. The topological polar surface area (TPSA) is 94.7 Å². The summed E-state index contributed by atoms with van der Waals surface area (Å²) in [5.74, 6) is 0.633. The van der Waals surface area contributed by atoms with Crippen molar-refractivity contribution in [2.24, 2.45) is 0 Å². The van der Waals surface area contributed by atoms with Crippen molar-refractivity contribution in [1.82, 2.24) is 10.1 Å². The summed E-state index contributed by atoms with van der Waals surface area (Å²) in [7, 11) is 0. The van der Waals surface area contributed by atoms with Crippen LogP contribution < -0.4 is 4.74 Å². The molecule has 0 aliphatic carbocycles. The molecule has 0 amide bonds. The molecule has 1 N–H and O–H groups in total. The largest absolute Gasteiger partial charge is 0.491 e. The minimum Gasteiger partial charge on any atom is -0.491 e. The molecule has 7 nitrogen and oxygen atoms in total. The van der Waals surface area contributed by atoms with Crippen LogP contribution in [0, 0.1) is 0 Å².